The van der Waals surface area contributed by atoms with Crippen LogP contribution in [0.2, 0.25) is 0 Å². The first-order chi connectivity index (χ1) is 14.6. The standard InChI is InChI=1S/C20H31N7O3S/c1-12(2)13(3)27-11-15(18-17(20(27)28)19(21)23-22-18)16-9-14(25(4)24-16)10-26-5-7-31(29,30)8-6-26/h9,11-13,29-30H,5-8,10H2,1-4H3,(H3,21,22,23)/t13-/m0/s1. The summed E-state index contributed by atoms with van der Waals surface area (Å²) in [4.78, 5) is 15.3. The SMILES string of the molecule is CC(C)[C@H](C)n1cc(-c2cc(CN3CCS(O)(O)CC3)n(C)n2)c2[nH]nc(N)c2c1=O. The van der Waals surface area contributed by atoms with Gasteiger partial charge in [-0.05, 0) is 18.9 Å². The molecule has 0 radical (unpaired) electrons. The van der Waals surface area contributed by atoms with Crippen LogP contribution in [0, 0.1) is 5.92 Å². The lowest BCUT2D eigenvalue weighted by molar-refractivity contribution is 0.271. The lowest BCUT2D eigenvalue weighted by Crippen LogP contribution is -2.38. The zero-order valence-electron chi connectivity index (χ0n) is 18.4. The van der Waals surface area contributed by atoms with E-state index in [1.54, 1.807) is 4.57 Å². The zero-order chi connectivity index (χ0) is 22.5. The summed E-state index contributed by atoms with van der Waals surface area (Å²) in [5.74, 6) is 1.27. The van der Waals surface area contributed by atoms with Crippen LogP contribution in [0.1, 0.15) is 32.5 Å². The number of H-pyrrole nitrogens is 1. The number of nitrogens with zero attached hydrogens (tertiary/aromatic N) is 5. The third-order valence-corrected chi connectivity index (χ3v) is 7.96. The predicted molar refractivity (Wildman–Crippen MR) is 124 cm³/mol. The van der Waals surface area contributed by atoms with E-state index in [0.717, 1.165) is 17.0 Å². The van der Waals surface area contributed by atoms with E-state index >= 15 is 0 Å². The molecule has 170 valence electrons. The molecule has 0 aromatic carbocycles. The fourth-order valence-corrected chi connectivity index (χ4v) is 5.22. The molecule has 1 atom stereocenters. The lowest BCUT2D eigenvalue weighted by Gasteiger charge is -2.40. The van der Waals surface area contributed by atoms with Gasteiger partial charge in [-0.25, -0.2) is 0 Å². The molecule has 11 heteroatoms. The summed E-state index contributed by atoms with van der Waals surface area (Å²) < 4.78 is 23.2. The van der Waals surface area contributed by atoms with E-state index in [1.165, 1.54) is 0 Å². The van der Waals surface area contributed by atoms with Crippen molar-refractivity contribution < 1.29 is 9.11 Å². The Morgan fingerprint density at radius 1 is 1.26 bits per heavy atom. The van der Waals surface area contributed by atoms with E-state index in [9.17, 15) is 13.9 Å². The summed E-state index contributed by atoms with van der Waals surface area (Å²) in [7, 11) is -0.531. The maximum atomic E-state index is 13.1. The molecule has 0 saturated carbocycles. The van der Waals surface area contributed by atoms with Gasteiger partial charge in [0.25, 0.3) is 5.56 Å². The molecule has 1 aliphatic heterocycles. The summed E-state index contributed by atoms with van der Waals surface area (Å²) >= 11 is 0. The number of nitrogen functional groups attached to an aromatic ring is 1. The third kappa shape index (κ3) is 4.10. The van der Waals surface area contributed by atoms with Gasteiger partial charge >= 0.3 is 0 Å². The van der Waals surface area contributed by atoms with Crippen molar-refractivity contribution in [1.82, 2.24) is 29.4 Å². The number of hydrogen-bond donors (Lipinski definition) is 4. The number of pyridine rings is 1. The Morgan fingerprint density at radius 3 is 2.58 bits per heavy atom. The number of aromatic nitrogens is 5. The van der Waals surface area contributed by atoms with Crippen LogP contribution in [-0.2, 0) is 13.6 Å². The molecule has 0 aliphatic carbocycles. The highest BCUT2D eigenvalue weighted by Gasteiger charge is 2.24. The van der Waals surface area contributed by atoms with Gasteiger partial charge < -0.3 is 10.3 Å². The number of aromatic amines is 1. The highest BCUT2D eigenvalue weighted by atomic mass is 32.3. The molecule has 0 unspecified atom stereocenters. The normalized spacial score (nSPS) is 19.2. The fraction of sp³-hybridized carbons (Fsp3) is 0.550. The van der Waals surface area contributed by atoms with Gasteiger partial charge in [0.15, 0.2) is 5.82 Å². The average molecular weight is 450 g/mol. The first kappa shape index (κ1) is 21.9. The molecule has 0 amide bonds. The van der Waals surface area contributed by atoms with E-state index in [-0.39, 0.29) is 23.3 Å². The van der Waals surface area contributed by atoms with Gasteiger partial charge in [-0.15, -0.1) is 0 Å². The van der Waals surface area contributed by atoms with Crippen molar-refractivity contribution in [3.05, 3.63) is 28.3 Å². The van der Waals surface area contributed by atoms with Crippen molar-refractivity contribution in [2.24, 2.45) is 13.0 Å². The van der Waals surface area contributed by atoms with Crippen LogP contribution >= 0.6 is 10.6 Å². The number of aryl methyl sites for hydroxylation is 1. The molecule has 3 aromatic heterocycles. The van der Waals surface area contributed by atoms with Crippen LogP contribution in [0.5, 0.6) is 0 Å². The molecule has 4 heterocycles. The second-order valence-electron chi connectivity index (χ2n) is 8.73. The Bertz CT molecular complexity index is 1150. The first-order valence-corrected chi connectivity index (χ1v) is 12.3. The highest BCUT2D eigenvalue weighted by Crippen LogP contribution is 2.40. The number of hydrogen-bond acceptors (Lipinski definition) is 7. The van der Waals surface area contributed by atoms with E-state index in [0.29, 0.717) is 42.0 Å². The molecule has 1 saturated heterocycles. The molecular formula is C20H31N7O3S. The number of fused-ring (bicyclic) bond motifs is 1. The molecule has 4 rings (SSSR count). The lowest BCUT2D eigenvalue weighted by atomic mass is 10.0. The monoisotopic (exact) mass is 449 g/mol. The number of nitrogens with one attached hydrogen (secondary N) is 1. The largest absolute Gasteiger partial charge is 0.382 e. The quantitative estimate of drug-likeness (QED) is 0.469. The van der Waals surface area contributed by atoms with Gasteiger partial charge in [-0.3, -0.25) is 28.6 Å². The Labute approximate surface area is 182 Å². The molecule has 1 fully saturated rings. The van der Waals surface area contributed by atoms with Crippen LogP contribution in [0.4, 0.5) is 5.82 Å². The Morgan fingerprint density at radius 2 is 1.94 bits per heavy atom. The van der Waals surface area contributed by atoms with Crippen molar-refractivity contribution in [1.29, 1.82) is 0 Å². The summed E-state index contributed by atoms with van der Waals surface area (Å²) in [5.41, 5.74) is 8.97. The molecule has 0 spiro atoms. The molecule has 5 N–H and O–H groups in total. The Kier molecular flexibility index (Phi) is 5.63. The van der Waals surface area contributed by atoms with Crippen molar-refractivity contribution in [3.8, 4) is 11.3 Å². The van der Waals surface area contributed by atoms with Gasteiger partial charge in [0.1, 0.15) is 5.39 Å². The molecule has 3 aromatic rings. The maximum absolute atomic E-state index is 13.1. The summed E-state index contributed by atoms with van der Waals surface area (Å²) in [6.45, 7) is 8.11. The summed E-state index contributed by atoms with van der Waals surface area (Å²) in [5, 5.41) is 12.1. The van der Waals surface area contributed by atoms with E-state index < -0.39 is 10.6 Å². The molecule has 10 nitrogen and oxygen atoms in total. The number of anilines is 1. The van der Waals surface area contributed by atoms with Crippen molar-refractivity contribution in [2.45, 2.75) is 33.4 Å². The predicted octanol–water partition coefficient (Wildman–Crippen LogP) is 2.49. The van der Waals surface area contributed by atoms with E-state index in [2.05, 4.69) is 28.9 Å². The summed E-state index contributed by atoms with van der Waals surface area (Å²) in [6.07, 6.45) is 1.84. The second-order valence-corrected chi connectivity index (χ2v) is 11.2. The van der Waals surface area contributed by atoms with E-state index in [1.807, 2.05) is 30.9 Å². The van der Waals surface area contributed by atoms with Gasteiger partial charge in [-0.1, -0.05) is 13.8 Å². The maximum Gasteiger partial charge on any atom is 0.264 e. The molecule has 31 heavy (non-hydrogen) atoms. The van der Waals surface area contributed by atoms with Crippen LogP contribution in [-0.4, -0.2) is 63.1 Å². The Balaban J connectivity index is 1.73. The first-order valence-electron chi connectivity index (χ1n) is 10.5. The van der Waals surface area contributed by atoms with Crippen molar-refractivity contribution >= 4 is 27.3 Å². The average Bonchev–Trinajstić information content (AvgIpc) is 3.27. The van der Waals surface area contributed by atoms with Crippen LogP contribution < -0.4 is 11.3 Å². The van der Waals surface area contributed by atoms with Crippen LogP contribution in [0.15, 0.2) is 17.1 Å². The van der Waals surface area contributed by atoms with Crippen molar-refractivity contribution in [2.75, 3.05) is 30.3 Å². The topological polar surface area (TPSA) is 138 Å². The van der Waals surface area contributed by atoms with E-state index in [4.69, 9.17) is 10.8 Å². The smallest absolute Gasteiger partial charge is 0.264 e. The second kappa shape index (κ2) is 7.97. The zero-order valence-corrected chi connectivity index (χ0v) is 19.2. The minimum atomic E-state index is -2.42. The number of nitrogens with two attached hydrogens (primary N) is 1. The summed E-state index contributed by atoms with van der Waals surface area (Å²) in [6, 6.07) is 1.99. The van der Waals surface area contributed by atoms with Crippen molar-refractivity contribution in [3.63, 3.8) is 0 Å². The number of rotatable bonds is 5. The fourth-order valence-electron chi connectivity index (χ4n) is 3.91. The van der Waals surface area contributed by atoms with Gasteiger partial charge in [0.2, 0.25) is 0 Å². The minimum Gasteiger partial charge on any atom is -0.382 e. The van der Waals surface area contributed by atoms with Crippen LogP contribution in [0.25, 0.3) is 22.2 Å². The Hall–Kier alpha value is -2.34. The molecular weight excluding hydrogens is 418 g/mol. The van der Waals surface area contributed by atoms with Gasteiger partial charge in [0, 0.05) is 44.5 Å². The van der Waals surface area contributed by atoms with Gasteiger partial charge in [-0.2, -0.15) is 20.8 Å². The van der Waals surface area contributed by atoms with Gasteiger partial charge in [0.05, 0.1) is 28.4 Å². The minimum absolute atomic E-state index is 0.0128. The molecule has 0 bridgehead atoms. The molecule has 1 aliphatic rings. The van der Waals surface area contributed by atoms with Crippen LogP contribution in [0.3, 0.4) is 0 Å². The highest BCUT2D eigenvalue weighted by molar-refractivity contribution is 8.24. The third-order valence-electron chi connectivity index (χ3n) is 6.29.